The smallest absolute Gasteiger partial charge is 0.243 e. The van der Waals surface area contributed by atoms with Crippen molar-refractivity contribution in [3.05, 3.63) is 88.0 Å². The predicted molar refractivity (Wildman–Crippen MR) is 179 cm³/mol. The number of amidine groups is 1. The molecule has 3 heterocycles. The summed E-state index contributed by atoms with van der Waals surface area (Å²) in [6.07, 6.45) is 6.23. The van der Waals surface area contributed by atoms with E-state index >= 15 is 0 Å². The second-order valence-electron chi connectivity index (χ2n) is 11.2. The zero-order valence-electron chi connectivity index (χ0n) is 26.0. The summed E-state index contributed by atoms with van der Waals surface area (Å²) in [7, 11) is 1.76. The number of amides is 3. The summed E-state index contributed by atoms with van der Waals surface area (Å²) in [5.74, 6) is -0.754. The Hall–Kier alpha value is -4.84. The fourth-order valence-electron chi connectivity index (χ4n) is 5.76. The molecule has 5 rings (SSSR count). The van der Waals surface area contributed by atoms with Crippen LogP contribution in [-0.2, 0) is 27.2 Å². The van der Waals surface area contributed by atoms with Crippen molar-refractivity contribution in [2.45, 2.75) is 51.1 Å². The molecule has 0 saturated carbocycles. The molecule has 46 heavy (non-hydrogen) atoms. The number of aromatic amines is 1. The van der Waals surface area contributed by atoms with Crippen LogP contribution in [0.4, 0.5) is 0 Å². The molecule has 0 spiro atoms. The zero-order chi connectivity index (χ0) is 32.5. The molecule has 11 nitrogen and oxygen atoms in total. The maximum Gasteiger partial charge on any atom is 0.243 e. The molecule has 12 heteroatoms. The highest BCUT2D eigenvalue weighted by Gasteiger charge is 2.28. The molecule has 2 aromatic carbocycles. The summed E-state index contributed by atoms with van der Waals surface area (Å²) in [6.45, 7) is 3.18. The molecular formula is C34H39N7O4S. The third-order valence-corrected chi connectivity index (χ3v) is 8.88. The van der Waals surface area contributed by atoms with E-state index in [0.29, 0.717) is 5.01 Å². The lowest BCUT2D eigenvalue weighted by molar-refractivity contribution is -0.130. The average molecular weight is 642 g/mol. The Labute approximate surface area is 271 Å². The molecule has 1 saturated heterocycles. The minimum absolute atomic E-state index is 0.204. The summed E-state index contributed by atoms with van der Waals surface area (Å²) >= 11 is 1.20. The minimum Gasteiger partial charge on any atom is -0.361 e. The van der Waals surface area contributed by atoms with Gasteiger partial charge in [0.15, 0.2) is 5.01 Å². The maximum absolute atomic E-state index is 13.5. The van der Waals surface area contributed by atoms with E-state index < -0.39 is 23.9 Å². The number of thiazole rings is 1. The summed E-state index contributed by atoms with van der Waals surface area (Å²) in [5, 5.41) is 11.3. The Morgan fingerprint density at radius 3 is 2.41 bits per heavy atom. The van der Waals surface area contributed by atoms with E-state index in [-0.39, 0.29) is 37.5 Å². The number of benzene rings is 2. The van der Waals surface area contributed by atoms with E-state index in [1.165, 1.54) is 11.3 Å². The molecular weight excluding hydrogens is 602 g/mol. The number of nitrogens with one attached hydrogen (secondary N) is 4. The SMILES string of the molecule is CCC(=O)NC(Cc1ccccc1C(=NC)N1CCCC1)C(=O)NCC(=O)NC(Cc1c[nH]c2ccccc12)C(=O)c1nccs1. The topological polar surface area (TPSA) is 149 Å². The molecule has 2 unspecified atom stereocenters. The standard InChI is InChI=1S/C34H39N7O4S/c1-3-29(42)40-28(18-22-10-4-5-12-25(22)32(35-2)41-15-8-9-16-41)33(45)38-21-30(43)39-27(31(44)34-36-14-17-46-34)19-23-20-37-26-13-7-6-11-24(23)26/h4-7,10-14,17,20,27-28,37H,3,8-9,15-16,18-19,21H2,1-2H3,(H,38,45)(H,39,43)(H,40,42). The Morgan fingerprint density at radius 2 is 1.67 bits per heavy atom. The highest BCUT2D eigenvalue weighted by atomic mass is 32.1. The van der Waals surface area contributed by atoms with Gasteiger partial charge >= 0.3 is 0 Å². The number of rotatable bonds is 13. The van der Waals surface area contributed by atoms with Crippen molar-refractivity contribution in [3.8, 4) is 0 Å². The van der Waals surface area contributed by atoms with Crippen LogP contribution in [0.2, 0.25) is 0 Å². The normalized spacial score (nSPS) is 14.6. The molecule has 1 fully saturated rings. The van der Waals surface area contributed by atoms with Gasteiger partial charge in [-0.1, -0.05) is 49.4 Å². The number of ketones is 1. The number of aromatic nitrogens is 2. The first-order valence-electron chi connectivity index (χ1n) is 15.5. The molecule has 4 aromatic rings. The van der Waals surface area contributed by atoms with Crippen molar-refractivity contribution in [1.82, 2.24) is 30.8 Å². The van der Waals surface area contributed by atoms with Gasteiger partial charge in [0.25, 0.3) is 0 Å². The molecule has 4 N–H and O–H groups in total. The van der Waals surface area contributed by atoms with Crippen molar-refractivity contribution in [3.63, 3.8) is 0 Å². The quantitative estimate of drug-likeness (QED) is 0.100. The van der Waals surface area contributed by atoms with Crippen molar-refractivity contribution in [2.24, 2.45) is 4.99 Å². The van der Waals surface area contributed by atoms with Gasteiger partial charge in [-0.15, -0.1) is 11.3 Å². The molecule has 2 atom stereocenters. The van der Waals surface area contributed by atoms with Gasteiger partial charge in [-0.3, -0.25) is 24.2 Å². The average Bonchev–Trinajstić information content (AvgIpc) is 3.87. The van der Waals surface area contributed by atoms with E-state index in [1.807, 2.05) is 54.7 Å². The number of hydrogen-bond acceptors (Lipinski definition) is 7. The molecule has 3 amide bonds. The lowest BCUT2D eigenvalue weighted by Crippen LogP contribution is -2.51. The fourth-order valence-corrected chi connectivity index (χ4v) is 6.39. The Morgan fingerprint density at radius 1 is 0.957 bits per heavy atom. The van der Waals surface area contributed by atoms with Crippen LogP contribution in [0.15, 0.2) is 71.3 Å². The third kappa shape index (κ3) is 7.86. The second-order valence-corrected chi connectivity index (χ2v) is 12.1. The number of H-pyrrole nitrogens is 1. The number of fused-ring (bicyclic) bond motifs is 1. The van der Waals surface area contributed by atoms with Crippen LogP contribution in [0, 0.1) is 0 Å². The van der Waals surface area contributed by atoms with E-state index in [0.717, 1.165) is 59.4 Å². The van der Waals surface area contributed by atoms with E-state index in [9.17, 15) is 19.2 Å². The highest BCUT2D eigenvalue weighted by Crippen LogP contribution is 2.21. The maximum atomic E-state index is 13.5. The lowest BCUT2D eigenvalue weighted by Gasteiger charge is -2.24. The number of carbonyl (C=O) groups excluding carboxylic acids is 4. The van der Waals surface area contributed by atoms with Crippen molar-refractivity contribution in [1.29, 1.82) is 0 Å². The Balaban J connectivity index is 1.29. The molecule has 1 aliphatic heterocycles. The van der Waals surface area contributed by atoms with Gasteiger partial charge in [0.2, 0.25) is 23.5 Å². The van der Waals surface area contributed by atoms with E-state index in [2.05, 4.69) is 35.8 Å². The first-order valence-corrected chi connectivity index (χ1v) is 16.4. The second kappa shape index (κ2) is 15.4. The zero-order valence-corrected chi connectivity index (χ0v) is 26.9. The van der Waals surface area contributed by atoms with Crippen LogP contribution in [0.3, 0.4) is 0 Å². The number of Topliss-reactive ketones (excluding diaryl/α,β-unsaturated/α-hetero) is 1. The molecule has 1 aliphatic rings. The predicted octanol–water partition coefficient (Wildman–Crippen LogP) is 3.26. The van der Waals surface area contributed by atoms with Gasteiger partial charge in [-0.05, 0) is 30.0 Å². The van der Waals surface area contributed by atoms with Crippen LogP contribution >= 0.6 is 11.3 Å². The van der Waals surface area contributed by atoms with E-state index in [4.69, 9.17) is 0 Å². The Bertz CT molecular complexity index is 1710. The molecule has 0 radical (unpaired) electrons. The van der Waals surface area contributed by atoms with E-state index in [1.54, 1.807) is 25.5 Å². The van der Waals surface area contributed by atoms with Gasteiger partial charge in [-0.25, -0.2) is 4.98 Å². The van der Waals surface area contributed by atoms with Gasteiger partial charge < -0.3 is 25.8 Å². The number of carbonyl (C=O) groups is 4. The summed E-state index contributed by atoms with van der Waals surface area (Å²) < 4.78 is 0. The summed E-state index contributed by atoms with van der Waals surface area (Å²) in [5.41, 5.74) is 3.58. The van der Waals surface area contributed by atoms with Crippen LogP contribution < -0.4 is 16.0 Å². The van der Waals surface area contributed by atoms with Crippen LogP contribution in [0.5, 0.6) is 0 Å². The third-order valence-electron chi connectivity index (χ3n) is 8.09. The molecule has 2 aromatic heterocycles. The van der Waals surface area contributed by atoms with Crippen LogP contribution in [-0.4, -0.2) is 83.0 Å². The Kier molecular flexibility index (Phi) is 10.9. The fraction of sp³-hybridized carbons (Fsp3) is 0.353. The summed E-state index contributed by atoms with van der Waals surface area (Å²) in [6, 6.07) is 13.7. The number of nitrogens with zero attached hydrogens (tertiary/aromatic N) is 3. The van der Waals surface area contributed by atoms with Crippen LogP contribution in [0.1, 0.15) is 52.7 Å². The highest BCUT2D eigenvalue weighted by molar-refractivity contribution is 7.11. The first kappa shape index (κ1) is 32.6. The number of hydrogen-bond donors (Lipinski definition) is 4. The molecule has 240 valence electrons. The minimum atomic E-state index is -0.919. The van der Waals surface area contributed by atoms with Crippen molar-refractivity contribution < 1.29 is 19.2 Å². The monoisotopic (exact) mass is 641 g/mol. The largest absolute Gasteiger partial charge is 0.361 e. The summed E-state index contributed by atoms with van der Waals surface area (Å²) in [4.78, 5) is 66.7. The molecule has 0 bridgehead atoms. The molecule has 0 aliphatic carbocycles. The van der Waals surface area contributed by atoms with Gasteiger partial charge in [-0.2, -0.15) is 0 Å². The lowest BCUT2D eigenvalue weighted by atomic mass is 9.98. The van der Waals surface area contributed by atoms with Gasteiger partial charge in [0.05, 0.1) is 12.6 Å². The van der Waals surface area contributed by atoms with Gasteiger partial charge in [0.1, 0.15) is 11.9 Å². The van der Waals surface area contributed by atoms with Crippen molar-refractivity contribution >= 4 is 51.6 Å². The number of aliphatic imine (C=N–C) groups is 1. The first-order chi connectivity index (χ1) is 22.4. The number of likely N-dealkylation sites (tertiary alicyclic amines) is 1. The van der Waals surface area contributed by atoms with Crippen LogP contribution in [0.25, 0.3) is 10.9 Å². The van der Waals surface area contributed by atoms with Crippen molar-refractivity contribution in [2.75, 3.05) is 26.7 Å². The van der Waals surface area contributed by atoms with Gasteiger partial charge in [0, 0.05) is 73.6 Å². The number of para-hydroxylation sites is 1.